The predicted octanol–water partition coefficient (Wildman–Crippen LogP) is 4.35. The lowest BCUT2D eigenvalue weighted by Gasteiger charge is -2.16. The van der Waals surface area contributed by atoms with Crippen molar-refractivity contribution in [2.24, 2.45) is 0 Å². The maximum absolute atomic E-state index is 12.9. The van der Waals surface area contributed by atoms with Gasteiger partial charge in [-0.05, 0) is 65.0 Å². The zero-order valence-corrected chi connectivity index (χ0v) is 20.4. The van der Waals surface area contributed by atoms with Crippen LogP contribution < -0.4 is 29.9 Å². The molecule has 0 unspecified atom stereocenters. The van der Waals surface area contributed by atoms with Gasteiger partial charge in [0, 0.05) is 17.5 Å². The van der Waals surface area contributed by atoms with Crippen LogP contribution in [0.2, 0.25) is 0 Å². The van der Waals surface area contributed by atoms with Crippen LogP contribution in [0.1, 0.15) is 55.3 Å². The van der Waals surface area contributed by atoms with Crippen LogP contribution in [0.25, 0.3) is 11.0 Å². The molecule has 0 fully saturated rings. The molecule has 3 aromatic rings. The molecule has 9 heteroatoms. The number of hydrogen-bond donors (Lipinski definition) is 1. The highest BCUT2D eigenvalue weighted by Gasteiger charge is 2.20. The second-order valence-electron chi connectivity index (χ2n) is 7.77. The number of nitrogens with one attached hydrogen (secondary N) is 1. The van der Waals surface area contributed by atoms with Gasteiger partial charge < -0.3 is 28.7 Å². The molecule has 0 saturated heterocycles. The molecule has 0 atom stereocenters. The van der Waals surface area contributed by atoms with Crippen LogP contribution in [-0.4, -0.2) is 37.7 Å². The standard InChI is InChI=1S/C26H29NO8/c1-6-31-21-12-17(13-22(32-7-2)23(21)33-8-3)25(29)34-18-10-9-16-11-19(24(28)27-15(4)5)26(30)35-20(16)14-18/h9-15H,6-8H2,1-5H3,(H,27,28). The van der Waals surface area contributed by atoms with Crippen LogP contribution in [0.4, 0.5) is 0 Å². The van der Waals surface area contributed by atoms with Crippen LogP contribution >= 0.6 is 0 Å². The molecular weight excluding hydrogens is 454 g/mol. The summed E-state index contributed by atoms with van der Waals surface area (Å²) in [4.78, 5) is 37.5. The third-order valence-electron chi connectivity index (χ3n) is 4.73. The van der Waals surface area contributed by atoms with E-state index in [0.29, 0.717) is 42.5 Å². The van der Waals surface area contributed by atoms with Crippen molar-refractivity contribution in [3.8, 4) is 23.0 Å². The van der Waals surface area contributed by atoms with E-state index >= 15 is 0 Å². The second kappa shape index (κ2) is 11.4. The van der Waals surface area contributed by atoms with Crippen LogP contribution in [0.15, 0.2) is 45.6 Å². The van der Waals surface area contributed by atoms with Crippen molar-refractivity contribution in [2.75, 3.05) is 19.8 Å². The molecule has 1 heterocycles. The first-order valence-corrected chi connectivity index (χ1v) is 11.4. The Labute approximate surface area is 202 Å². The van der Waals surface area contributed by atoms with E-state index in [1.165, 1.54) is 24.3 Å². The van der Waals surface area contributed by atoms with E-state index in [9.17, 15) is 14.4 Å². The van der Waals surface area contributed by atoms with Gasteiger partial charge in [0.2, 0.25) is 5.75 Å². The molecular formula is C26H29NO8. The average molecular weight is 484 g/mol. The summed E-state index contributed by atoms with van der Waals surface area (Å²) in [5.41, 5.74) is -0.508. The van der Waals surface area contributed by atoms with Gasteiger partial charge in [-0.3, -0.25) is 4.79 Å². The van der Waals surface area contributed by atoms with Crippen LogP contribution in [0, 0.1) is 0 Å². The number of hydrogen-bond acceptors (Lipinski definition) is 8. The fraction of sp³-hybridized carbons (Fsp3) is 0.346. The maximum atomic E-state index is 12.9. The first kappa shape index (κ1) is 25.6. The highest BCUT2D eigenvalue weighted by molar-refractivity contribution is 5.97. The van der Waals surface area contributed by atoms with E-state index in [4.69, 9.17) is 23.4 Å². The molecule has 0 radical (unpaired) electrons. The molecule has 2 aromatic carbocycles. The van der Waals surface area contributed by atoms with Crippen molar-refractivity contribution in [2.45, 2.75) is 40.7 Å². The molecule has 3 rings (SSSR count). The van der Waals surface area contributed by atoms with Gasteiger partial charge in [-0.25, -0.2) is 9.59 Å². The van der Waals surface area contributed by atoms with E-state index in [0.717, 1.165) is 0 Å². The number of fused-ring (bicyclic) bond motifs is 1. The minimum atomic E-state index is -0.784. The SMILES string of the molecule is CCOc1cc(C(=O)Oc2ccc3cc(C(=O)NC(C)C)c(=O)oc3c2)cc(OCC)c1OCC. The van der Waals surface area contributed by atoms with E-state index in [1.807, 2.05) is 20.8 Å². The fourth-order valence-corrected chi connectivity index (χ4v) is 3.33. The Morgan fingerprint density at radius 3 is 2.11 bits per heavy atom. The summed E-state index contributed by atoms with van der Waals surface area (Å²) >= 11 is 0. The molecule has 35 heavy (non-hydrogen) atoms. The summed E-state index contributed by atoms with van der Waals surface area (Å²) in [6.07, 6.45) is 0. The summed E-state index contributed by atoms with van der Waals surface area (Å²) in [6.45, 7) is 10.2. The van der Waals surface area contributed by atoms with Crippen molar-refractivity contribution in [1.29, 1.82) is 0 Å². The largest absolute Gasteiger partial charge is 0.490 e. The van der Waals surface area contributed by atoms with Gasteiger partial charge in [-0.15, -0.1) is 0 Å². The Balaban J connectivity index is 1.91. The van der Waals surface area contributed by atoms with Gasteiger partial charge in [0.25, 0.3) is 5.91 Å². The molecule has 1 amide bonds. The second-order valence-corrected chi connectivity index (χ2v) is 7.77. The Bertz CT molecular complexity index is 1250. The molecule has 1 N–H and O–H groups in total. The smallest absolute Gasteiger partial charge is 0.349 e. The highest BCUT2D eigenvalue weighted by Crippen LogP contribution is 2.39. The number of amides is 1. The van der Waals surface area contributed by atoms with Crippen molar-refractivity contribution in [3.05, 3.63) is 57.9 Å². The summed E-state index contributed by atoms with van der Waals surface area (Å²) in [7, 11) is 0. The first-order chi connectivity index (χ1) is 16.8. The minimum Gasteiger partial charge on any atom is -0.490 e. The fourth-order valence-electron chi connectivity index (χ4n) is 3.33. The van der Waals surface area contributed by atoms with E-state index in [-0.39, 0.29) is 28.5 Å². The van der Waals surface area contributed by atoms with Crippen molar-refractivity contribution in [3.63, 3.8) is 0 Å². The summed E-state index contributed by atoms with van der Waals surface area (Å²) in [6, 6.07) is 8.93. The topological polar surface area (TPSA) is 113 Å². The normalized spacial score (nSPS) is 10.8. The molecule has 0 aliphatic carbocycles. The highest BCUT2D eigenvalue weighted by atomic mass is 16.5. The molecule has 186 valence electrons. The van der Waals surface area contributed by atoms with E-state index in [1.54, 1.807) is 26.0 Å². The van der Waals surface area contributed by atoms with Crippen LogP contribution in [-0.2, 0) is 0 Å². The van der Waals surface area contributed by atoms with Gasteiger partial charge in [-0.2, -0.15) is 0 Å². The number of carbonyl (C=O) groups is 2. The zero-order valence-electron chi connectivity index (χ0n) is 20.4. The monoisotopic (exact) mass is 483 g/mol. The number of ether oxygens (including phenoxy) is 4. The Morgan fingerprint density at radius 1 is 0.914 bits per heavy atom. The quantitative estimate of drug-likeness (QED) is 0.257. The molecule has 0 aliphatic heterocycles. The minimum absolute atomic E-state index is 0.0998. The molecule has 0 saturated carbocycles. The first-order valence-electron chi connectivity index (χ1n) is 11.4. The summed E-state index contributed by atoms with van der Waals surface area (Å²) < 4.78 is 27.8. The van der Waals surface area contributed by atoms with Gasteiger partial charge >= 0.3 is 11.6 Å². The molecule has 0 spiro atoms. The number of carbonyl (C=O) groups excluding carboxylic acids is 2. The maximum Gasteiger partial charge on any atom is 0.349 e. The average Bonchev–Trinajstić information content (AvgIpc) is 2.80. The van der Waals surface area contributed by atoms with E-state index < -0.39 is 17.5 Å². The molecule has 1 aromatic heterocycles. The number of benzene rings is 2. The van der Waals surface area contributed by atoms with Crippen LogP contribution in [0.3, 0.4) is 0 Å². The lowest BCUT2D eigenvalue weighted by Crippen LogP contribution is -2.33. The van der Waals surface area contributed by atoms with Gasteiger partial charge in [-0.1, -0.05) is 0 Å². The lowest BCUT2D eigenvalue weighted by atomic mass is 10.1. The van der Waals surface area contributed by atoms with E-state index in [2.05, 4.69) is 5.32 Å². The Hall–Kier alpha value is -4.01. The zero-order chi connectivity index (χ0) is 25.5. The van der Waals surface area contributed by atoms with Crippen molar-refractivity contribution < 1.29 is 33.0 Å². The lowest BCUT2D eigenvalue weighted by molar-refractivity contribution is 0.0733. The van der Waals surface area contributed by atoms with Crippen molar-refractivity contribution >= 4 is 22.8 Å². The molecule has 0 bridgehead atoms. The third kappa shape index (κ3) is 6.11. The third-order valence-corrected chi connectivity index (χ3v) is 4.73. The van der Waals surface area contributed by atoms with Gasteiger partial charge in [0.05, 0.1) is 25.4 Å². The molecule has 0 aliphatic rings. The van der Waals surface area contributed by atoms with Crippen molar-refractivity contribution in [1.82, 2.24) is 5.32 Å². The Morgan fingerprint density at radius 2 is 1.54 bits per heavy atom. The number of rotatable bonds is 10. The van der Waals surface area contributed by atoms with Gasteiger partial charge in [0.1, 0.15) is 16.9 Å². The predicted molar refractivity (Wildman–Crippen MR) is 130 cm³/mol. The number of esters is 1. The Kier molecular flexibility index (Phi) is 8.35. The molecule has 9 nitrogen and oxygen atoms in total. The summed E-state index contributed by atoms with van der Waals surface area (Å²) in [5, 5.41) is 3.17. The summed E-state index contributed by atoms with van der Waals surface area (Å²) in [5.74, 6) is 0.127. The van der Waals surface area contributed by atoms with Crippen LogP contribution in [0.5, 0.6) is 23.0 Å². The van der Waals surface area contributed by atoms with Gasteiger partial charge in [0.15, 0.2) is 11.5 Å².